The molecular formula is C19H16N2O2S. The van der Waals surface area contributed by atoms with Crippen LogP contribution in [-0.4, -0.2) is 16.6 Å². The number of aromatic nitrogens is 1. The summed E-state index contributed by atoms with van der Waals surface area (Å²) in [4.78, 5) is 28.9. The molecule has 0 aliphatic rings. The molecule has 3 rings (SSSR count). The van der Waals surface area contributed by atoms with E-state index in [-0.39, 0.29) is 11.6 Å². The molecule has 120 valence electrons. The number of rotatable bonds is 5. The van der Waals surface area contributed by atoms with E-state index in [0.29, 0.717) is 21.1 Å². The quantitative estimate of drug-likeness (QED) is 0.690. The normalized spacial score (nSPS) is 10.4. The number of hydrogen-bond donors (Lipinski definition) is 1. The summed E-state index contributed by atoms with van der Waals surface area (Å²) in [5, 5.41) is 3.76. The van der Waals surface area contributed by atoms with Crippen LogP contribution >= 0.6 is 11.3 Å². The minimum absolute atomic E-state index is 0.00760. The van der Waals surface area contributed by atoms with Crippen molar-refractivity contribution in [3.05, 3.63) is 76.3 Å². The summed E-state index contributed by atoms with van der Waals surface area (Å²) in [6.45, 7) is 3.45. The van der Waals surface area contributed by atoms with E-state index in [2.05, 4.69) is 10.3 Å². The molecule has 0 radical (unpaired) electrons. The van der Waals surface area contributed by atoms with E-state index in [1.807, 2.05) is 43.3 Å². The Balaban J connectivity index is 1.81. The molecule has 1 aromatic heterocycles. The lowest BCUT2D eigenvalue weighted by molar-refractivity contribution is 0.101. The summed E-state index contributed by atoms with van der Waals surface area (Å²) in [7, 11) is 0. The highest BCUT2D eigenvalue weighted by molar-refractivity contribution is 7.17. The van der Waals surface area contributed by atoms with Gasteiger partial charge in [-0.05, 0) is 31.5 Å². The number of anilines is 2. The molecule has 0 saturated carbocycles. The van der Waals surface area contributed by atoms with E-state index in [1.54, 1.807) is 18.3 Å². The number of hydrogen-bond acceptors (Lipinski definition) is 5. The van der Waals surface area contributed by atoms with Gasteiger partial charge in [0.15, 0.2) is 10.9 Å². The Morgan fingerprint density at radius 2 is 1.88 bits per heavy atom. The van der Waals surface area contributed by atoms with Gasteiger partial charge < -0.3 is 5.32 Å². The number of aryl methyl sites for hydroxylation is 1. The first kappa shape index (κ1) is 16.1. The molecule has 0 unspecified atom stereocenters. The molecule has 0 aliphatic carbocycles. The van der Waals surface area contributed by atoms with Crippen LogP contribution in [0.25, 0.3) is 0 Å². The lowest BCUT2D eigenvalue weighted by Crippen LogP contribution is -2.00. The summed E-state index contributed by atoms with van der Waals surface area (Å²) < 4.78 is 0. The van der Waals surface area contributed by atoms with Crippen molar-refractivity contribution < 1.29 is 9.59 Å². The highest BCUT2D eigenvalue weighted by atomic mass is 32.1. The van der Waals surface area contributed by atoms with Crippen molar-refractivity contribution in [1.82, 2.24) is 4.98 Å². The third kappa shape index (κ3) is 3.41. The number of benzene rings is 2. The third-order valence-electron chi connectivity index (χ3n) is 3.64. The fraction of sp³-hybridized carbons (Fsp3) is 0.105. The molecule has 2 aromatic carbocycles. The Morgan fingerprint density at radius 3 is 2.62 bits per heavy atom. The van der Waals surface area contributed by atoms with Crippen LogP contribution in [0.5, 0.6) is 0 Å². The summed E-state index contributed by atoms with van der Waals surface area (Å²) in [6, 6.07) is 14.7. The zero-order chi connectivity index (χ0) is 17.1. The van der Waals surface area contributed by atoms with Crippen LogP contribution in [0.15, 0.2) is 54.7 Å². The molecule has 1 N–H and O–H groups in total. The summed E-state index contributed by atoms with van der Waals surface area (Å²) >= 11 is 1.30. The molecule has 24 heavy (non-hydrogen) atoms. The van der Waals surface area contributed by atoms with Crippen LogP contribution in [0.1, 0.15) is 38.1 Å². The molecule has 1 heterocycles. The van der Waals surface area contributed by atoms with E-state index in [4.69, 9.17) is 0 Å². The summed E-state index contributed by atoms with van der Waals surface area (Å²) in [5.74, 6) is -0.0238. The van der Waals surface area contributed by atoms with Gasteiger partial charge in [0.05, 0.1) is 11.1 Å². The number of carbonyl (C=O) groups is 2. The first-order valence-corrected chi connectivity index (χ1v) is 8.30. The average molecular weight is 336 g/mol. The lowest BCUT2D eigenvalue weighted by Gasteiger charge is -2.04. The Bertz CT molecular complexity index is 915. The van der Waals surface area contributed by atoms with E-state index in [9.17, 15) is 9.59 Å². The molecule has 0 saturated heterocycles. The number of nitrogens with one attached hydrogen (secondary N) is 1. The van der Waals surface area contributed by atoms with E-state index >= 15 is 0 Å². The van der Waals surface area contributed by atoms with Crippen LogP contribution in [0.2, 0.25) is 0 Å². The fourth-order valence-corrected chi connectivity index (χ4v) is 3.13. The number of nitrogens with zero attached hydrogens (tertiary/aromatic N) is 1. The van der Waals surface area contributed by atoms with Gasteiger partial charge in [0.1, 0.15) is 0 Å². The second-order valence-electron chi connectivity index (χ2n) is 5.44. The highest BCUT2D eigenvalue weighted by Gasteiger charge is 2.15. The molecule has 4 nitrogen and oxygen atoms in total. The number of ketones is 2. The van der Waals surface area contributed by atoms with Gasteiger partial charge in [-0.2, -0.15) is 0 Å². The molecule has 0 fully saturated rings. The Morgan fingerprint density at radius 1 is 1.08 bits per heavy atom. The van der Waals surface area contributed by atoms with Gasteiger partial charge >= 0.3 is 0 Å². The van der Waals surface area contributed by atoms with Crippen LogP contribution in [0.3, 0.4) is 0 Å². The topological polar surface area (TPSA) is 59.1 Å². The number of Topliss-reactive ketones (excluding diaryl/α,β-unsaturated/α-hetero) is 1. The number of carbonyl (C=O) groups excluding carboxylic acids is 2. The molecule has 0 spiro atoms. The first-order chi connectivity index (χ1) is 11.5. The van der Waals surface area contributed by atoms with Crippen molar-refractivity contribution in [2.75, 3.05) is 5.32 Å². The van der Waals surface area contributed by atoms with Gasteiger partial charge in [-0.25, -0.2) is 4.98 Å². The van der Waals surface area contributed by atoms with Gasteiger partial charge in [0.2, 0.25) is 5.78 Å². The smallest absolute Gasteiger partial charge is 0.204 e. The largest absolute Gasteiger partial charge is 0.332 e. The van der Waals surface area contributed by atoms with Crippen molar-refractivity contribution in [2.24, 2.45) is 0 Å². The highest BCUT2D eigenvalue weighted by Crippen LogP contribution is 2.25. The predicted molar refractivity (Wildman–Crippen MR) is 96.5 cm³/mol. The maximum atomic E-state index is 12.6. The second kappa shape index (κ2) is 6.76. The lowest BCUT2D eigenvalue weighted by atomic mass is 10.0. The van der Waals surface area contributed by atoms with Crippen molar-refractivity contribution in [1.29, 1.82) is 0 Å². The van der Waals surface area contributed by atoms with Gasteiger partial charge in [-0.3, -0.25) is 9.59 Å². The molecular weight excluding hydrogens is 320 g/mol. The monoisotopic (exact) mass is 336 g/mol. The molecule has 0 amide bonds. The predicted octanol–water partition coefficient (Wildman–Crippen LogP) is 4.63. The fourth-order valence-electron chi connectivity index (χ4n) is 2.34. The van der Waals surface area contributed by atoms with E-state index in [1.165, 1.54) is 18.3 Å². The summed E-state index contributed by atoms with van der Waals surface area (Å²) in [6.07, 6.45) is 1.58. The Labute approximate surface area is 144 Å². The maximum Gasteiger partial charge on any atom is 0.204 e. The summed E-state index contributed by atoms with van der Waals surface area (Å²) in [5.41, 5.74) is 3.03. The first-order valence-electron chi connectivity index (χ1n) is 7.49. The molecule has 5 heteroatoms. The third-order valence-corrected chi connectivity index (χ3v) is 4.55. The van der Waals surface area contributed by atoms with Crippen molar-refractivity contribution >= 4 is 33.7 Å². The van der Waals surface area contributed by atoms with Gasteiger partial charge in [-0.15, -0.1) is 0 Å². The van der Waals surface area contributed by atoms with Crippen molar-refractivity contribution in [3.8, 4) is 0 Å². The minimum atomic E-state index is -0.0314. The number of thiazole rings is 1. The van der Waals surface area contributed by atoms with E-state index in [0.717, 1.165) is 11.3 Å². The minimum Gasteiger partial charge on any atom is -0.332 e. The van der Waals surface area contributed by atoms with Crippen LogP contribution in [0, 0.1) is 6.92 Å². The zero-order valence-electron chi connectivity index (χ0n) is 13.4. The van der Waals surface area contributed by atoms with Crippen LogP contribution in [-0.2, 0) is 0 Å². The molecule has 0 atom stereocenters. The van der Waals surface area contributed by atoms with Crippen molar-refractivity contribution in [2.45, 2.75) is 13.8 Å². The Kier molecular flexibility index (Phi) is 4.53. The van der Waals surface area contributed by atoms with Crippen LogP contribution < -0.4 is 5.32 Å². The Hall–Kier alpha value is -2.79. The van der Waals surface area contributed by atoms with E-state index < -0.39 is 0 Å². The molecule has 0 bridgehead atoms. The average Bonchev–Trinajstić information content (AvgIpc) is 3.03. The van der Waals surface area contributed by atoms with Gasteiger partial charge in [-0.1, -0.05) is 47.7 Å². The maximum absolute atomic E-state index is 12.6. The molecule has 0 aliphatic heterocycles. The SMILES string of the molecule is CC(=O)c1cccc(Nc2ncc(C(=O)c3ccccc3C)s2)c1. The molecule has 3 aromatic rings. The van der Waals surface area contributed by atoms with Crippen LogP contribution in [0.4, 0.5) is 10.8 Å². The second-order valence-corrected chi connectivity index (χ2v) is 6.47. The van der Waals surface area contributed by atoms with Crippen molar-refractivity contribution in [3.63, 3.8) is 0 Å². The standard InChI is InChI=1S/C19H16N2O2S/c1-12-6-3-4-9-16(12)18(23)17-11-20-19(24-17)21-15-8-5-7-14(10-15)13(2)22/h3-11H,1-2H3,(H,20,21). The van der Waals surface area contributed by atoms with Gasteiger partial charge in [0.25, 0.3) is 0 Å². The van der Waals surface area contributed by atoms with Gasteiger partial charge in [0, 0.05) is 16.8 Å². The zero-order valence-corrected chi connectivity index (χ0v) is 14.2.